The number of nitrogens with zero attached hydrogens (tertiary/aromatic N) is 2. The Bertz CT molecular complexity index is 768. The lowest BCUT2D eigenvalue weighted by atomic mass is 10.0. The molecular weight excluding hydrogens is 346 g/mol. The van der Waals surface area contributed by atoms with Gasteiger partial charge in [-0.25, -0.2) is 4.98 Å². The summed E-state index contributed by atoms with van der Waals surface area (Å²) in [7, 11) is 0. The number of carboxylic acid groups (broad SMARTS) is 2. The Morgan fingerprint density at radius 3 is 2.30 bits per heavy atom. The van der Waals surface area contributed by atoms with Gasteiger partial charge in [0.15, 0.2) is 0 Å². The van der Waals surface area contributed by atoms with Gasteiger partial charge in [0.05, 0.1) is 6.33 Å². The molecule has 2 rings (SSSR count). The average molecular weight is 373 g/mol. The third kappa shape index (κ3) is 6.21. The highest BCUT2D eigenvalue weighted by atomic mass is 16.4. The predicted octanol–water partition coefficient (Wildman–Crippen LogP) is 2.32. The summed E-state index contributed by atoms with van der Waals surface area (Å²) < 4.78 is 1.89. The highest BCUT2D eigenvalue weighted by Crippen LogP contribution is 2.12. The van der Waals surface area contributed by atoms with Crippen molar-refractivity contribution in [2.24, 2.45) is 5.92 Å². The molecule has 2 aromatic rings. The zero-order valence-corrected chi connectivity index (χ0v) is 15.9. The highest BCUT2D eigenvalue weighted by Gasteiger charge is 2.27. The smallest absolute Gasteiger partial charge is 0.321 e. The molecule has 7 heteroatoms. The van der Waals surface area contributed by atoms with Gasteiger partial charge < -0.3 is 14.8 Å². The third-order valence-corrected chi connectivity index (χ3v) is 4.39. The van der Waals surface area contributed by atoms with Crippen LogP contribution in [-0.2, 0) is 22.6 Å². The van der Waals surface area contributed by atoms with Crippen LogP contribution in [0.15, 0.2) is 36.8 Å². The maximum absolute atomic E-state index is 11.7. The summed E-state index contributed by atoms with van der Waals surface area (Å²) in [5, 5.41) is 21.7. The van der Waals surface area contributed by atoms with Crippen molar-refractivity contribution in [3.8, 4) is 0 Å². The molecule has 1 heterocycles. The van der Waals surface area contributed by atoms with E-state index in [-0.39, 0.29) is 12.3 Å². The molecule has 146 valence electrons. The molecule has 1 aromatic carbocycles. The van der Waals surface area contributed by atoms with E-state index in [9.17, 15) is 19.8 Å². The molecule has 0 aliphatic rings. The largest absolute Gasteiger partial charge is 0.480 e. The summed E-state index contributed by atoms with van der Waals surface area (Å²) in [6, 6.07) is 6.19. The van der Waals surface area contributed by atoms with Gasteiger partial charge in [0.1, 0.15) is 12.1 Å². The molecular formula is C20H27N3O4. The normalized spacial score (nSPS) is 13.5. The minimum atomic E-state index is -1.08. The van der Waals surface area contributed by atoms with Gasteiger partial charge in [0, 0.05) is 24.9 Å². The number of hydrogen-bond acceptors (Lipinski definition) is 4. The van der Waals surface area contributed by atoms with E-state index in [0.29, 0.717) is 13.0 Å². The first kappa shape index (κ1) is 20.6. The molecule has 0 aliphatic heterocycles. The molecule has 0 unspecified atom stereocenters. The second-order valence-corrected chi connectivity index (χ2v) is 7.28. The zero-order chi connectivity index (χ0) is 20.0. The minimum absolute atomic E-state index is 0.139. The van der Waals surface area contributed by atoms with Crippen molar-refractivity contribution in [2.75, 3.05) is 0 Å². The fraction of sp³-hybridized carbons (Fsp3) is 0.450. The molecule has 0 saturated heterocycles. The van der Waals surface area contributed by atoms with Crippen molar-refractivity contribution >= 4 is 11.9 Å². The number of imidazole rings is 1. The maximum Gasteiger partial charge on any atom is 0.321 e. The maximum atomic E-state index is 11.7. The second kappa shape index (κ2) is 9.32. The van der Waals surface area contributed by atoms with E-state index in [4.69, 9.17) is 0 Å². The first-order valence-electron chi connectivity index (χ1n) is 9.02. The van der Waals surface area contributed by atoms with Crippen molar-refractivity contribution in [1.82, 2.24) is 14.9 Å². The van der Waals surface area contributed by atoms with Gasteiger partial charge in [-0.05, 0) is 24.8 Å². The van der Waals surface area contributed by atoms with Crippen LogP contribution in [-0.4, -0.2) is 43.8 Å². The monoisotopic (exact) mass is 373 g/mol. The van der Waals surface area contributed by atoms with E-state index in [0.717, 1.165) is 11.3 Å². The Balaban J connectivity index is 2.12. The lowest BCUT2D eigenvalue weighted by Crippen LogP contribution is -2.49. The van der Waals surface area contributed by atoms with Crippen molar-refractivity contribution < 1.29 is 19.8 Å². The number of nitrogens with one attached hydrogen (secondary N) is 1. The topological polar surface area (TPSA) is 104 Å². The number of hydrogen-bond donors (Lipinski definition) is 3. The van der Waals surface area contributed by atoms with Crippen LogP contribution in [0.4, 0.5) is 0 Å². The van der Waals surface area contributed by atoms with Crippen molar-refractivity contribution in [2.45, 2.75) is 52.2 Å². The minimum Gasteiger partial charge on any atom is -0.480 e. The Kier molecular flexibility index (Phi) is 7.12. The molecule has 0 amide bonds. The number of aromatic nitrogens is 2. The van der Waals surface area contributed by atoms with Gasteiger partial charge >= 0.3 is 11.9 Å². The van der Waals surface area contributed by atoms with Gasteiger partial charge in [-0.2, -0.15) is 0 Å². The summed E-state index contributed by atoms with van der Waals surface area (Å²) >= 11 is 0. The molecule has 0 spiro atoms. The Morgan fingerprint density at radius 1 is 1.11 bits per heavy atom. The number of benzene rings is 1. The second-order valence-electron chi connectivity index (χ2n) is 7.28. The molecule has 0 aliphatic carbocycles. The van der Waals surface area contributed by atoms with E-state index >= 15 is 0 Å². The number of carbonyl (C=O) groups is 2. The van der Waals surface area contributed by atoms with Crippen molar-refractivity contribution in [3.63, 3.8) is 0 Å². The number of aryl methyl sites for hydroxylation is 1. The molecule has 2 atom stereocenters. The quantitative estimate of drug-likeness (QED) is 0.590. The van der Waals surface area contributed by atoms with Crippen LogP contribution in [0, 0.1) is 12.8 Å². The third-order valence-electron chi connectivity index (χ3n) is 4.39. The van der Waals surface area contributed by atoms with E-state index < -0.39 is 24.0 Å². The SMILES string of the molecule is Cc1ccc(Cn2cncc2C[C@H](N[C@@H](CC(C)C)C(=O)O)C(=O)O)cc1. The number of rotatable bonds is 10. The van der Waals surface area contributed by atoms with Crippen LogP contribution in [0.3, 0.4) is 0 Å². The predicted molar refractivity (Wildman–Crippen MR) is 102 cm³/mol. The van der Waals surface area contributed by atoms with Crippen LogP contribution in [0.2, 0.25) is 0 Å². The van der Waals surface area contributed by atoms with Crippen LogP contribution < -0.4 is 5.32 Å². The van der Waals surface area contributed by atoms with E-state index in [2.05, 4.69) is 10.3 Å². The summed E-state index contributed by atoms with van der Waals surface area (Å²) in [6.07, 6.45) is 3.81. The summed E-state index contributed by atoms with van der Waals surface area (Å²) in [5.41, 5.74) is 3.00. The van der Waals surface area contributed by atoms with E-state index in [1.165, 1.54) is 5.56 Å². The van der Waals surface area contributed by atoms with Gasteiger partial charge in [0.2, 0.25) is 0 Å². The summed E-state index contributed by atoms with van der Waals surface area (Å²) in [4.78, 5) is 27.3. The molecule has 3 N–H and O–H groups in total. The first-order chi connectivity index (χ1) is 12.8. The fourth-order valence-electron chi connectivity index (χ4n) is 2.93. The lowest BCUT2D eigenvalue weighted by molar-refractivity contribution is -0.142. The van der Waals surface area contributed by atoms with Gasteiger partial charge in [-0.3, -0.25) is 14.9 Å². The summed E-state index contributed by atoms with van der Waals surface area (Å²) in [5.74, 6) is -1.98. The fourth-order valence-corrected chi connectivity index (χ4v) is 2.93. The molecule has 7 nitrogen and oxygen atoms in total. The van der Waals surface area contributed by atoms with E-state index in [1.54, 1.807) is 12.5 Å². The van der Waals surface area contributed by atoms with Gasteiger partial charge in [-0.15, -0.1) is 0 Å². The lowest BCUT2D eigenvalue weighted by Gasteiger charge is -2.22. The average Bonchev–Trinajstić information content (AvgIpc) is 3.01. The molecule has 0 radical (unpaired) electrons. The highest BCUT2D eigenvalue weighted by molar-refractivity contribution is 5.77. The standard InChI is InChI=1S/C20H27N3O4/c1-13(2)8-17(19(24)25)22-18(20(26)27)9-16-10-21-12-23(16)11-15-6-4-14(3)5-7-15/h4-7,10,12-13,17-18,22H,8-9,11H2,1-3H3,(H,24,25)(H,26,27)/t17-,18-/m0/s1. The van der Waals surface area contributed by atoms with Crippen LogP contribution in [0.5, 0.6) is 0 Å². The molecule has 0 fully saturated rings. The van der Waals surface area contributed by atoms with E-state index in [1.807, 2.05) is 49.6 Å². The summed E-state index contributed by atoms with van der Waals surface area (Å²) in [6.45, 7) is 6.41. The first-order valence-corrected chi connectivity index (χ1v) is 9.02. The van der Waals surface area contributed by atoms with Crippen molar-refractivity contribution in [3.05, 3.63) is 53.6 Å². The molecule has 0 saturated carbocycles. The van der Waals surface area contributed by atoms with Crippen LogP contribution >= 0.6 is 0 Å². The van der Waals surface area contributed by atoms with Gasteiger partial charge in [-0.1, -0.05) is 43.7 Å². The van der Waals surface area contributed by atoms with Gasteiger partial charge in [0.25, 0.3) is 0 Å². The molecule has 27 heavy (non-hydrogen) atoms. The Hall–Kier alpha value is -2.67. The number of carboxylic acids is 2. The molecule has 1 aromatic heterocycles. The van der Waals surface area contributed by atoms with Crippen LogP contribution in [0.1, 0.15) is 37.1 Å². The number of aliphatic carboxylic acids is 2. The van der Waals surface area contributed by atoms with Crippen LogP contribution in [0.25, 0.3) is 0 Å². The molecule has 0 bridgehead atoms. The Labute approximate surface area is 159 Å². The zero-order valence-electron chi connectivity index (χ0n) is 15.9. The Morgan fingerprint density at radius 2 is 1.74 bits per heavy atom. The van der Waals surface area contributed by atoms with Crippen molar-refractivity contribution in [1.29, 1.82) is 0 Å².